The molecule has 0 saturated carbocycles. The van der Waals surface area contributed by atoms with Gasteiger partial charge in [0.15, 0.2) is 0 Å². The van der Waals surface area contributed by atoms with Gasteiger partial charge in [-0.3, -0.25) is 14.4 Å². The van der Waals surface area contributed by atoms with Crippen LogP contribution in [-0.2, 0) is 6.54 Å². The van der Waals surface area contributed by atoms with E-state index in [1.807, 2.05) is 23.4 Å². The Hall–Kier alpha value is -1.40. The van der Waals surface area contributed by atoms with Gasteiger partial charge in [0.2, 0.25) is 0 Å². The lowest BCUT2D eigenvalue weighted by Gasteiger charge is -2.32. The molecule has 1 aromatic rings. The lowest BCUT2D eigenvalue weighted by atomic mass is 10.1. The van der Waals surface area contributed by atoms with Gasteiger partial charge in [0, 0.05) is 57.5 Å². The van der Waals surface area contributed by atoms with E-state index in [4.69, 9.17) is 0 Å². The zero-order valence-corrected chi connectivity index (χ0v) is 13.9. The van der Waals surface area contributed by atoms with E-state index < -0.39 is 0 Å². The van der Waals surface area contributed by atoms with Crippen LogP contribution in [0.2, 0.25) is 0 Å². The summed E-state index contributed by atoms with van der Waals surface area (Å²) in [7, 11) is 0. The van der Waals surface area contributed by atoms with E-state index in [1.54, 1.807) is 0 Å². The third-order valence-corrected chi connectivity index (χ3v) is 5.01. The maximum atomic E-state index is 12.9. The van der Waals surface area contributed by atoms with Gasteiger partial charge in [-0.15, -0.1) is 0 Å². The fourth-order valence-corrected chi connectivity index (χ4v) is 3.74. The van der Waals surface area contributed by atoms with Gasteiger partial charge in [-0.05, 0) is 27.2 Å². The van der Waals surface area contributed by atoms with Crippen LogP contribution in [0.1, 0.15) is 35.1 Å². The van der Waals surface area contributed by atoms with Gasteiger partial charge in [-0.2, -0.15) is 5.10 Å². The maximum absolute atomic E-state index is 12.9. The number of likely N-dealkylation sites (tertiary alicyclic amines) is 1. The zero-order chi connectivity index (χ0) is 15.7. The third kappa shape index (κ3) is 2.77. The number of rotatable bonds is 3. The van der Waals surface area contributed by atoms with Crippen molar-refractivity contribution in [1.29, 1.82) is 0 Å². The predicted molar refractivity (Wildman–Crippen MR) is 86.1 cm³/mol. The topological polar surface area (TPSA) is 53.4 Å². The van der Waals surface area contributed by atoms with E-state index >= 15 is 0 Å². The summed E-state index contributed by atoms with van der Waals surface area (Å²) in [5.74, 6) is 0.160. The molecular formula is C16H27N5O. The highest BCUT2D eigenvalue weighted by Gasteiger charge is 2.33. The molecule has 1 aromatic heterocycles. The van der Waals surface area contributed by atoms with Gasteiger partial charge in [-0.25, -0.2) is 0 Å². The highest BCUT2D eigenvalue weighted by Crippen LogP contribution is 2.21. The van der Waals surface area contributed by atoms with E-state index in [-0.39, 0.29) is 5.91 Å². The molecule has 122 valence electrons. The number of carbonyl (C=O) groups excluding carboxylic acids is 1. The second-order valence-electron chi connectivity index (χ2n) is 6.34. The van der Waals surface area contributed by atoms with Crippen LogP contribution in [0.15, 0.2) is 0 Å². The molecule has 3 rings (SSSR count). The number of aromatic nitrogens is 2. The number of aryl methyl sites for hydroxylation is 2. The summed E-state index contributed by atoms with van der Waals surface area (Å²) in [4.78, 5) is 17.4. The smallest absolute Gasteiger partial charge is 0.257 e. The van der Waals surface area contributed by atoms with Crippen molar-refractivity contribution in [2.45, 2.75) is 39.8 Å². The molecule has 6 heteroatoms. The first-order valence-corrected chi connectivity index (χ1v) is 8.39. The molecule has 1 atom stereocenters. The molecule has 1 N–H and O–H groups in total. The van der Waals surface area contributed by atoms with Gasteiger partial charge in [0.05, 0.1) is 11.3 Å². The third-order valence-electron chi connectivity index (χ3n) is 5.01. The molecule has 1 amide bonds. The van der Waals surface area contributed by atoms with Gasteiger partial charge < -0.3 is 10.2 Å². The molecule has 3 heterocycles. The molecule has 2 fully saturated rings. The SMILES string of the molecule is CCn1nc(C)c(C(=O)N2CCC(N3CCNCC3)C2)c1C. The number of hydrogen-bond acceptors (Lipinski definition) is 4. The van der Waals surface area contributed by atoms with Crippen molar-refractivity contribution in [2.75, 3.05) is 39.3 Å². The van der Waals surface area contributed by atoms with Crippen molar-refractivity contribution in [3.8, 4) is 0 Å². The lowest BCUT2D eigenvalue weighted by Crippen LogP contribution is -2.49. The normalized spacial score (nSPS) is 23.2. The number of nitrogens with one attached hydrogen (secondary N) is 1. The average Bonchev–Trinajstić information content (AvgIpc) is 3.13. The number of amides is 1. The standard InChI is InChI=1S/C16H27N5O/c1-4-21-13(3)15(12(2)18-21)16(22)20-8-5-14(11-20)19-9-6-17-7-10-19/h14,17H,4-11H2,1-3H3. The van der Waals surface area contributed by atoms with E-state index in [1.165, 1.54) is 0 Å². The number of carbonyl (C=O) groups is 1. The molecule has 0 aliphatic carbocycles. The summed E-state index contributed by atoms with van der Waals surface area (Å²) in [5.41, 5.74) is 2.66. The molecule has 2 saturated heterocycles. The van der Waals surface area contributed by atoms with Crippen molar-refractivity contribution >= 4 is 5.91 Å². The molecule has 1 unspecified atom stereocenters. The van der Waals surface area contributed by atoms with Crippen LogP contribution in [0.25, 0.3) is 0 Å². The van der Waals surface area contributed by atoms with Crippen LogP contribution < -0.4 is 5.32 Å². The van der Waals surface area contributed by atoms with Crippen LogP contribution in [0.3, 0.4) is 0 Å². The second-order valence-corrected chi connectivity index (χ2v) is 6.34. The Morgan fingerprint density at radius 3 is 2.64 bits per heavy atom. The Bertz CT molecular complexity index is 547. The number of hydrogen-bond donors (Lipinski definition) is 1. The Balaban J connectivity index is 1.70. The van der Waals surface area contributed by atoms with Gasteiger partial charge in [0.1, 0.15) is 0 Å². The monoisotopic (exact) mass is 305 g/mol. The summed E-state index contributed by atoms with van der Waals surface area (Å²) >= 11 is 0. The van der Waals surface area contributed by atoms with Gasteiger partial charge in [-0.1, -0.05) is 0 Å². The first kappa shape index (κ1) is 15.5. The number of nitrogens with zero attached hydrogens (tertiary/aromatic N) is 4. The lowest BCUT2D eigenvalue weighted by molar-refractivity contribution is 0.0772. The summed E-state index contributed by atoms with van der Waals surface area (Å²) in [6.07, 6.45) is 1.09. The van der Waals surface area contributed by atoms with Crippen LogP contribution in [0, 0.1) is 13.8 Å². The molecule has 0 aromatic carbocycles. The fourth-order valence-electron chi connectivity index (χ4n) is 3.74. The maximum Gasteiger partial charge on any atom is 0.257 e. The summed E-state index contributed by atoms with van der Waals surface area (Å²) < 4.78 is 1.92. The molecule has 0 bridgehead atoms. The first-order valence-electron chi connectivity index (χ1n) is 8.39. The Morgan fingerprint density at radius 1 is 1.27 bits per heavy atom. The van der Waals surface area contributed by atoms with Gasteiger partial charge >= 0.3 is 0 Å². The Morgan fingerprint density at radius 2 is 2.00 bits per heavy atom. The summed E-state index contributed by atoms with van der Waals surface area (Å²) in [5, 5.41) is 7.87. The fraction of sp³-hybridized carbons (Fsp3) is 0.750. The Kier molecular flexibility index (Phi) is 4.49. The highest BCUT2D eigenvalue weighted by molar-refractivity contribution is 5.96. The van der Waals surface area contributed by atoms with Crippen molar-refractivity contribution in [3.05, 3.63) is 17.0 Å². The quantitative estimate of drug-likeness (QED) is 0.890. The molecule has 2 aliphatic heterocycles. The summed E-state index contributed by atoms with van der Waals surface area (Å²) in [6.45, 7) is 12.8. The van der Waals surface area contributed by atoms with Crippen LogP contribution in [0.5, 0.6) is 0 Å². The average molecular weight is 305 g/mol. The highest BCUT2D eigenvalue weighted by atomic mass is 16.2. The Labute approximate surface area is 132 Å². The van der Waals surface area contributed by atoms with Crippen molar-refractivity contribution in [2.24, 2.45) is 0 Å². The van der Waals surface area contributed by atoms with Crippen LogP contribution >= 0.6 is 0 Å². The molecular weight excluding hydrogens is 278 g/mol. The molecule has 2 aliphatic rings. The minimum absolute atomic E-state index is 0.160. The van der Waals surface area contributed by atoms with Crippen molar-refractivity contribution < 1.29 is 4.79 Å². The van der Waals surface area contributed by atoms with E-state index in [0.717, 1.165) is 69.2 Å². The second kappa shape index (κ2) is 6.38. The van der Waals surface area contributed by atoms with E-state index in [2.05, 4.69) is 22.2 Å². The molecule has 22 heavy (non-hydrogen) atoms. The summed E-state index contributed by atoms with van der Waals surface area (Å²) in [6, 6.07) is 0.521. The number of piperazine rings is 1. The van der Waals surface area contributed by atoms with Crippen LogP contribution in [-0.4, -0.2) is 70.8 Å². The minimum Gasteiger partial charge on any atom is -0.337 e. The first-order chi connectivity index (χ1) is 10.6. The van der Waals surface area contributed by atoms with Crippen LogP contribution in [0.4, 0.5) is 0 Å². The van der Waals surface area contributed by atoms with E-state index in [9.17, 15) is 4.79 Å². The van der Waals surface area contributed by atoms with E-state index in [0.29, 0.717) is 6.04 Å². The van der Waals surface area contributed by atoms with Crippen molar-refractivity contribution in [3.63, 3.8) is 0 Å². The molecule has 0 radical (unpaired) electrons. The molecule has 0 spiro atoms. The zero-order valence-electron chi connectivity index (χ0n) is 13.9. The minimum atomic E-state index is 0.160. The van der Waals surface area contributed by atoms with Gasteiger partial charge in [0.25, 0.3) is 5.91 Å². The van der Waals surface area contributed by atoms with Crippen molar-refractivity contribution in [1.82, 2.24) is 24.9 Å². The molecule has 6 nitrogen and oxygen atoms in total. The predicted octanol–water partition coefficient (Wildman–Crippen LogP) is 0.640. The largest absolute Gasteiger partial charge is 0.337 e.